The molecule has 0 aliphatic heterocycles. The van der Waals surface area contributed by atoms with Gasteiger partial charge in [-0.2, -0.15) is 0 Å². The third kappa shape index (κ3) is 5.29. The normalized spacial score (nSPS) is 17.7. The van der Waals surface area contributed by atoms with Gasteiger partial charge in [0.1, 0.15) is 0 Å². The highest BCUT2D eigenvalue weighted by molar-refractivity contribution is 4.66. The minimum atomic E-state index is 1.12. The third-order valence-electron chi connectivity index (χ3n) is 2.44. The van der Waals surface area contributed by atoms with Crippen molar-refractivity contribution in [3.63, 3.8) is 0 Å². The van der Waals surface area contributed by atoms with Gasteiger partial charge in [0, 0.05) is 0 Å². The van der Waals surface area contributed by atoms with Crippen molar-refractivity contribution >= 4 is 0 Å². The molecule has 11 heavy (non-hydrogen) atoms. The predicted octanol–water partition coefficient (Wildman–Crippen LogP) is 4.39. The highest BCUT2D eigenvalue weighted by Gasteiger charge is 2.13. The van der Waals surface area contributed by atoms with E-state index in [-0.39, 0.29) is 0 Å². The summed E-state index contributed by atoms with van der Waals surface area (Å²) in [5.41, 5.74) is 0. The lowest BCUT2D eigenvalue weighted by Crippen LogP contribution is -1.91. The van der Waals surface area contributed by atoms with Gasteiger partial charge in [-0.05, 0) is 5.92 Å². The van der Waals surface area contributed by atoms with Crippen molar-refractivity contribution in [3.8, 4) is 0 Å². The van der Waals surface area contributed by atoms with Gasteiger partial charge in [-0.15, -0.1) is 0 Å². The summed E-state index contributed by atoms with van der Waals surface area (Å²) in [7, 11) is 0. The standard InChI is InChI=1S/C9H18.C2H6/c1-2-3-6-9-7-4-5-8-9;1-2/h9H,2-8H2,1H3;1-2H3. The fourth-order valence-corrected chi connectivity index (χ4v) is 1.79. The molecule has 0 unspecified atom stereocenters. The molecule has 1 rings (SSSR count). The van der Waals surface area contributed by atoms with E-state index in [0.29, 0.717) is 0 Å². The fourth-order valence-electron chi connectivity index (χ4n) is 1.79. The Hall–Kier alpha value is 0. The molecule has 0 nitrogen and oxygen atoms in total. The van der Waals surface area contributed by atoms with Crippen LogP contribution in [0.2, 0.25) is 0 Å². The predicted molar refractivity (Wildman–Crippen MR) is 52.8 cm³/mol. The van der Waals surface area contributed by atoms with Gasteiger partial charge in [0.15, 0.2) is 0 Å². The molecule has 1 aliphatic rings. The van der Waals surface area contributed by atoms with Crippen LogP contribution in [0.1, 0.15) is 65.7 Å². The highest BCUT2D eigenvalue weighted by atomic mass is 14.2. The molecule has 68 valence electrons. The second-order valence-corrected chi connectivity index (χ2v) is 3.29. The van der Waals surface area contributed by atoms with Crippen LogP contribution in [0.4, 0.5) is 0 Å². The monoisotopic (exact) mass is 156 g/mol. The lowest BCUT2D eigenvalue weighted by atomic mass is 10.0. The Labute approximate surface area is 72.4 Å². The first-order valence-corrected chi connectivity index (χ1v) is 5.43. The largest absolute Gasteiger partial charge is 0.0683 e. The molecule has 1 aliphatic carbocycles. The van der Waals surface area contributed by atoms with Crippen molar-refractivity contribution in [2.24, 2.45) is 5.92 Å². The SMILES string of the molecule is CC.CCCCC1CCCC1. The summed E-state index contributed by atoms with van der Waals surface area (Å²) in [5, 5.41) is 0. The van der Waals surface area contributed by atoms with Gasteiger partial charge >= 0.3 is 0 Å². The maximum absolute atomic E-state index is 2.29. The zero-order valence-electron chi connectivity index (χ0n) is 8.53. The minimum absolute atomic E-state index is 1.12. The average molecular weight is 156 g/mol. The zero-order valence-corrected chi connectivity index (χ0v) is 8.53. The molecule has 0 aromatic carbocycles. The van der Waals surface area contributed by atoms with E-state index < -0.39 is 0 Å². The summed E-state index contributed by atoms with van der Waals surface area (Å²) in [5.74, 6) is 1.12. The molecule has 0 amide bonds. The maximum atomic E-state index is 2.29. The molecular formula is C11H24. The van der Waals surface area contributed by atoms with Crippen molar-refractivity contribution in [1.82, 2.24) is 0 Å². The van der Waals surface area contributed by atoms with Crippen LogP contribution in [0.25, 0.3) is 0 Å². The highest BCUT2D eigenvalue weighted by Crippen LogP contribution is 2.28. The first kappa shape index (κ1) is 11.0. The molecule has 0 N–H and O–H groups in total. The van der Waals surface area contributed by atoms with E-state index in [4.69, 9.17) is 0 Å². The number of rotatable bonds is 3. The van der Waals surface area contributed by atoms with Gasteiger partial charge in [0.2, 0.25) is 0 Å². The van der Waals surface area contributed by atoms with E-state index in [1.165, 1.54) is 44.9 Å². The van der Waals surface area contributed by atoms with Gasteiger partial charge in [0.05, 0.1) is 0 Å². The van der Waals surface area contributed by atoms with E-state index in [2.05, 4.69) is 6.92 Å². The topological polar surface area (TPSA) is 0 Å². The molecule has 0 bridgehead atoms. The maximum Gasteiger partial charge on any atom is -0.0414 e. The number of hydrogen-bond donors (Lipinski definition) is 0. The first-order chi connectivity index (χ1) is 5.43. The van der Waals surface area contributed by atoms with Crippen molar-refractivity contribution in [2.45, 2.75) is 65.7 Å². The van der Waals surface area contributed by atoms with Gasteiger partial charge in [0.25, 0.3) is 0 Å². The second kappa shape index (κ2) is 8.10. The summed E-state index contributed by atoms with van der Waals surface area (Å²) < 4.78 is 0. The second-order valence-electron chi connectivity index (χ2n) is 3.29. The molecule has 1 saturated carbocycles. The summed E-state index contributed by atoms with van der Waals surface area (Å²) >= 11 is 0. The molecule has 0 saturated heterocycles. The van der Waals surface area contributed by atoms with E-state index in [0.717, 1.165) is 5.92 Å². The Kier molecular flexibility index (Phi) is 8.10. The summed E-state index contributed by atoms with van der Waals surface area (Å²) in [6, 6.07) is 0. The van der Waals surface area contributed by atoms with Crippen LogP contribution in [0.5, 0.6) is 0 Å². The quantitative estimate of drug-likeness (QED) is 0.568. The van der Waals surface area contributed by atoms with Crippen LogP contribution < -0.4 is 0 Å². The molecular weight excluding hydrogens is 132 g/mol. The number of hydrogen-bond acceptors (Lipinski definition) is 0. The fraction of sp³-hybridized carbons (Fsp3) is 1.00. The van der Waals surface area contributed by atoms with Crippen LogP contribution in [0.3, 0.4) is 0 Å². The summed E-state index contributed by atoms with van der Waals surface area (Å²) in [4.78, 5) is 0. The Balaban J connectivity index is 0.000000461. The van der Waals surface area contributed by atoms with E-state index in [1.807, 2.05) is 13.8 Å². The van der Waals surface area contributed by atoms with Crippen LogP contribution >= 0.6 is 0 Å². The van der Waals surface area contributed by atoms with Crippen LogP contribution in [-0.2, 0) is 0 Å². The van der Waals surface area contributed by atoms with Gasteiger partial charge in [-0.3, -0.25) is 0 Å². The molecule has 0 aromatic heterocycles. The molecule has 0 heterocycles. The van der Waals surface area contributed by atoms with Crippen LogP contribution in [0, 0.1) is 5.92 Å². The van der Waals surface area contributed by atoms with Gasteiger partial charge in [-0.1, -0.05) is 65.7 Å². The van der Waals surface area contributed by atoms with Crippen molar-refractivity contribution < 1.29 is 0 Å². The summed E-state index contributed by atoms with van der Waals surface area (Å²) in [6.45, 7) is 6.29. The van der Waals surface area contributed by atoms with Crippen molar-refractivity contribution in [1.29, 1.82) is 0 Å². The molecule has 0 radical (unpaired) electrons. The van der Waals surface area contributed by atoms with Gasteiger partial charge < -0.3 is 0 Å². The molecule has 0 spiro atoms. The summed E-state index contributed by atoms with van der Waals surface area (Å²) in [6.07, 6.45) is 10.4. The third-order valence-corrected chi connectivity index (χ3v) is 2.44. The lowest BCUT2D eigenvalue weighted by molar-refractivity contribution is 0.480. The Morgan fingerprint density at radius 3 is 2.09 bits per heavy atom. The molecule has 0 atom stereocenters. The van der Waals surface area contributed by atoms with E-state index in [1.54, 1.807) is 0 Å². The van der Waals surface area contributed by atoms with Crippen molar-refractivity contribution in [2.75, 3.05) is 0 Å². The molecule has 0 heteroatoms. The Morgan fingerprint density at radius 1 is 1.09 bits per heavy atom. The minimum Gasteiger partial charge on any atom is -0.0683 e. The molecule has 0 aromatic rings. The lowest BCUT2D eigenvalue weighted by Gasteiger charge is -2.05. The molecule has 1 fully saturated rings. The van der Waals surface area contributed by atoms with Gasteiger partial charge in [-0.25, -0.2) is 0 Å². The van der Waals surface area contributed by atoms with E-state index in [9.17, 15) is 0 Å². The van der Waals surface area contributed by atoms with E-state index >= 15 is 0 Å². The van der Waals surface area contributed by atoms with Crippen LogP contribution in [-0.4, -0.2) is 0 Å². The average Bonchev–Trinajstić information content (AvgIpc) is 2.57. The number of unbranched alkanes of at least 4 members (excludes halogenated alkanes) is 1. The Bertz CT molecular complexity index is 60.4. The van der Waals surface area contributed by atoms with Crippen molar-refractivity contribution in [3.05, 3.63) is 0 Å². The first-order valence-electron chi connectivity index (χ1n) is 5.43. The Morgan fingerprint density at radius 2 is 1.64 bits per heavy atom. The van der Waals surface area contributed by atoms with Crippen LogP contribution in [0.15, 0.2) is 0 Å². The smallest absolute Gasteiger partial charge is 0.0414 e. The zero-order chi connectivity index (χ0) is 8.53.